The van der Waals surface area contributed by atoms with Crippen LogP contribution < -0.4 is 11.1 Å². The summed E-state index contributed by atoms with van der Waals surface area (Å²) in [5.74, 6) is 0.874. The highest BCUT2D eigenvalue weighted by molar-refractivity contribution is 6.06. The predicted octanol–water partition coefficient (Wildman–Crippen LogP) is 2.87. The Labute approximate surface area is 212 Å². The highest BCUT2D eigenvalue weighted by atomic mass is 19.1. The largest absolute Gasteiger partial charge is 0.366 e. The zero-order valence-corrected chi connectivity index (χ0v) is 20.2. The van der Waals surface area contributed by atoms with E-state index in [0.717, 1.165) is 44.6 Å². The maximum absolute atomic E-state index is 14.5. The molecule has 3 N–H and O–H groups in total. The number of nitrogens with zero attached hydrogens (tertiary/aromatic N) is 6. The number of hydrogen-bond acceptors (Lipinski definition) is 6. The number of hydrogen-bond donors (Lipinski definition) is 2. The molecule has 1 saturated carbocycles. The quantitative estimate of drug-likeness (QED) is 0.433. The van der Waals surface area contributed by atoms with Gasteiger partial charge in [-0.1, -0.05) is 6.07 Å². The van der Waals surface area contributed by atoms with Gasteiger partial charge in [0.1, 0.15) is 17.5 Å². The van der Waals surface area contributed by atoms with Crippen LogP contribution in [0.25, 0.3) is 16.7 Å². The van der Waals surface area contributed by atoms with E-state index in [1.165, 1.54) is 12.3 Å². The Kier molecular flexibility index (Phi) is 5.82. The van der Waals surface area contributed by atoms with E-state index in [1.807, 2.05) is 11.1 Å². The van der Waals surface area contributed by atoms with Gasteiger partial charge in [0.2, 0.25) is 11.9 Å². The lowest BCUT2D eigenvalue weighted by atomic mass is 9.85. The molecule has 4 heterocycles. The summed E-state index contributed by atoms with van der Waals surface area (Å²) in [5, 5.41) is 3.56. The van der Waals surface area contributed by atoms with Gasteiger partial charge >= 0.3 is 0 Å². The first kappa shape index (κ1) is 23.1. The van der Waals surface area contributed by atoms with Crippen LogP contribution in [0.4, 0.5) is 10.3 Å². The molecule has 0 unspecified atom stereocenters. The van der Waals surface area contributed by atoms with E-state index in [1.54, 1.807) is 35.2 Å². The number of carbonyl (C=O) groups excluding carboxylic acids is 2. The Morgan fingerprint density at radius 3 is 2.70 bits per heavy atom. The average Bonchev–Trinajstić information content (AvgIpc) is 3.54. The second kappa shape index (κ2) is 9.30. The van der Waals surface area contributed by atoms with Crippen molar-refractivity contribution < 1.29 is 14.0 Å². The molecule has 1 fully saturated rings. The number of nitrogens with one attached hydrogen (secondary N) is 1. The summed E-state index contributed by atoms with van der Waals surface area (Å²) < 4.78 is 18.2. The van der Waals surface area contributed by atoms with Gasteiger partial charge in [-0.3, -0.25) is 9.59 Å². The molecular formula is C26H27FN8O2. The van der Waals surface area contributed by atoms with E-state index < -0.39 is 11.7 Å². The highest BCUT2D eigenvalue weighted by Crippen LogP contribution is 2.30. The SMILES string of the molecule is NC(=O)c1cn(-c2ccnc(N[C@H]3CC[C@H](C(=O)N4CCn5ccnc5C4)CC3)n2)c2cccc(F)c12. The molecule has 2 aliphatic rings. The molecule has 4 aromatic rings. The average molecular weight is 503 g/mol. The molecule has 0 saturated heterocycles. The molecule has 37 heavy (non-hydrogen) atoms. The fourth-order valence-corrected chi connectivity index (χ4v) is 5.46. The summed E-state index contributed by atoms with van der Waals surface area (Å²) in [5.41, 5.74) is 6.09. The zero-order chi connectivity index (χ0) is 25.5. The molecule has 190 valence electrons. The van der Waals surface area contributed by atoms with Crippen LogP contribution in [0.1, 0.15) is 41.9 Å². The molecular weight excluding hydrogens is 475 g/mol. The van der Waals surface area contributed by atoms with Gasteiger partial charge in [-0.05, 0) is 43.9 Å². The molecule has 2 amide bonds. The lowest BCUT2D eigenvalue weighted by Crippen LogP contribution is -2.43. The Bertz CT molecular complexity index is 1490. The van der Waals surface area contributed by atoms with Gasteiger partial charge in [0.25, 0.3) is 5.91 Å². The lowest BCUT2D eigenvalue weighted by molar-refractivity contribution is -0.138. The van der Waals surface area contributed by atoms with Crippen LogP contribution in [0, 0.1) is 11.7 Å². The third-order valence-corrected chi connectivity index (χ3v) is 7.40. The number of halogens is 1. The van der Waals surface area contributed by atoms with Crippen LogP contribution in [0.3, 0.4) is 0 Å². The molecule has 10 nitrogen and oxygen atoms in total. The Morgan fingerprint density at radius 1 is 1.05 bits per heavy atom. The van der Waals surface area contributed by atoms with Crippen LogP contribution in [-0.4, -0.2) is 53.4 Å². The Balaban J connectivity index is 1.13. The first-order valence-corrected chi connectivity index (χ1v) is 12.5. The molecule has 1 aliphatic heterocycles. The monoisotopic (exact) mass is 502 g/mol. The minimum Gasteiger partial charge on any atom is -0.366 e. The first-order valence-electron chi connectivity index (χ1n) is 12.5. The van der Waals surface area contributed by atoms with E-state index in [2.05, 4.69) is 24.8 Å². The van der Waals surface area contributed by atoms with E-state index in [4.69, 9.17) is 5.73 Å². The van der Waals surface area contributed by atoms with E-state index in [0.29, 0.717) is 23.8 Å². The summed E-state index contributed by atoms with van der Waals surface area (Å²) in [6.07, 6.45) is 10.1. The van der Waals surface area contributed by atoms with Crippen molar-refractivity contribution in [1.82, 2.24) is 29.0 Å². The number of fused-ring (bicyclic) bond motifs is 2. The number of primary amides is 1. The third-order valence-electron chi connectivity index (χ3n) is 7.40. The highest BCUT2D eigenvalue weighted by Gasteiger charge is 2.31. The van der Waals surface area contributed by atoms with Crippen molar-refractivity contribution in [3.05, 3.63) is 66.3 Å². The fraction of sp³-hybridized carbons (Fsp3) is 0.346. The topological polar surface area (TPSA) is 124 Å². The molecule has 0 spiro atoms. The summed E-state index contributed by atoms with van der Waals surface area (Å²) >= 11 is 0. The van der Waals surface area contributed by atoms with Gasteiger partial charge < -0.3 is 25.1 Å². The van der Waals surface area contributed by atoms with Crippen molar-refractivity contribution in [2.75, 3.05) is 11.9 Å². The van der Waals surface area contributed by atoms with Gasteiger partial charge in [0.15, 0.2) is 0 Å². The molecule has 0 radical (unpaired) electrons. The minimum absolute atomic E-state index is 0.0140. The van der Waals surface area contributed by atoms with Crippen molar-refractivity contribution in [3.8, 4) is 5.82 Å². The van der Waals surface area contributed by atoms with Crippen molar-refractivity contribution in [3.63, 3.8) is 0 Å². The molecule has 11 heteroatoms. The molecule has 0 bridgehead atoms. The normalized spacial score (nSPS) is 19.5. The van der Waals surface area contributed by atoms with Gasteiger partial charge in [0.05, 0.1) is 17.6 Å². The first-order chi connectivity index (χ1) is 18.0. The Hall–Kier alpha value is -4.28. The van der Waals surface area contributed by atoms with Crippen molar-refractivity contribution >= 4 is 28.7 Å². The summed E-state index contributed by atoms with van der Waals surface area (Å²) in [6, 6.07) is 6.43. The summed E-state index contributed by atoms with van der Waals surface area (Å²) in [7, 11) is 0. The minimum atomic E-state index is -0.706. The second-order valence-corrected chi connectivity index (χ2v) is 9.64. The van der Waals surface area contributed by atoms with Crippen molar-refractivity contribution in [1.29, 1.82) is 0 Å². The number of nitrogens with two attached hydrogens (primary N) is 1. The number of rotatable bonds is 5. The van der Waals surface area contributed by atoms with Crippen LogP contribution in [0.2, 0.25) is 0 Å². The fourth-order valence-electron chi connectivity index (χ4n) is 5.46. The van der Waals surface area contributed by atoms with Crippen molar-refractivity contribution in [2.45, 2.75) is 44.8 Å². The second-order valence-electron chi connectivity index (χ2n) is 9.64. The number of aromatic nitrogens is 5. The maximum atomic E-state index is 14.5. The van der Waals surface area contributed by atoms with E-state index >= 15 is 0 Å². The van der Waals surface area contributed by atoms with Gasteiger partial charge in [-0.15, -0.1) is 0 Å². The molecule has 0 atom stereocenters. The van der Waals surface area contributed by atoms with Crippen LogP contribution >= 0.6 is 0 Å². The third kappa shape index (κ3) is 4.30. The van der Waals surface area contributed by atoms with Crippen LogP contribution in [-0.2, 0) is 17.9 Å². The maximum Gasteiger partial charge on any atom is 0.250 e. The summed E-state index contributed by atoms with van der Waals surface area (Å²) in [4.78, 5) is 40.3. The van der Waals surface area contributed by atoms with Crippen LogP contribution in [0.5, 0.6) is 0 Å². The Morgan fingerprint density at radius 2 is 1.89 bits per heavy atom. The molecule has 6 rings (SSSR count). The van der Waals surface area contributed by atoms with Crippen LogP contribution in [0.15, 0.2) is 49.1 Å². The summed E-state index contributed by atoms with van der Waals surface area (Å²) in [6.45, 7) is 2.08. The predicted molar refractivity (Wildman–Crippen MR) is 134 cm³/mol. The standard InChI is InChI=1S/C26H27FN8O2/c27-19-2-1-3-20-23(19)18(24(28)36)14-35(20)21-8-9-30-26(32-21)31-17-6-4-16(5-7-17)25(37)34-13-12-33-11-10-29-22(33)15-34/h1-3,8-11,14,16-17H,4-7,12-13,15H2,(H2,28,36)(H,30,31,32)/t16-,17-. The number of amides is 2. The lowest BCUT2D eigenvalue weighted by Gasteiger charge is -2.34. The molecule has 1 aromatic carbocycles. The van der Waals surface area contributed by atoms with E-state index in [-0.39, 0.29) is 28.8 Å². The molecule has 1 aliphatic carbocycles. The zero-order valence-electron chi connectivity index (χ0n) is 20.2. The number of imidazole rings is 1. The van der Waals surface area contributed by atoms with Gasteiger partial charge in [-0.25, -0.2) is 14.4 Å². The number of anilines is 1. The van der Waals surface area contributed by atoms with Gasteiger partial charge in [-0.2, -0.15) is 4.98 Å². The van der Waals surface area contributed by atoms with E-state index in [9.17, 15) is 14.0 Å². The number of benzene rings is 1. The molecule has 3 aromatic heterocycles. The number of carbonyl (C=O) groups is 2. The van der Waals surface area contributed by atoms with Crippen molar-refractivity contribution in [2.24, 2.45) is 11.7 Å². The van der Waals surface area contributed by atoms with Gasteiger partial charge in [0, 0.05) is 55.2 Å². The smallest absolute Gasteiger partial charge is 0.250 e.